The number of ether oxygens (including phenoxy) is 2. The zero-order valence-corrected chi connectivity index (χ0v) is 21.5. The Hall–Kier alpha value is -3.84. The van der Waals surface area contributed by atoms with E-state index in [9.17, 15) is 14.9 Å². The van der Waals surface area contributed by atoms with Crippen molar-refractivity contribution in [2.45, 2.75) is 52.2 Å². The molecule has 0 radical (unpaired) electrons. The molecule has 3 rings (SSSR count). The summed E-state index contributed by atoms with van der Waals surface area (Å²) in [6.45, 7) is 11.6. The van der Waals surface area contributed by atoms with E-state index < -0.39 is 6.09 Å². The molecular weight excluding hydrogens is 480 g/mol. The van der Waals surface area contributed by atoms with E-state index in [4.69, 9.17) is 14.0 Å². The van der Waals surface area contributed by atoms with Crippen molar-refractivity contribution in [1.82, 2.24) is 10.5 Å². The van der Waals surface area contributed by atoms with Crippen molar-refractivity contribution in [3.05, 3.63) is 70.2 Å². The highest BCUT2D eigenvalue weighted by Crippen LogP contribution is 2.38. The quantitative estimate of drug-likeness (QED) is 0.342. The lowest BCUT2D eigenvalue weighted by Crippen LogP contribution is -2.31. The van der Waals surface area contributed by atoms with E-state index in [-0.39, 0.29) is 30.9 Å². The third-order valence-electron chi connectivity index (χ3n) is 6.02. The predicted molar refractivity (Wildman–Crippen MR) is 136 cm³/mol. The van der Waals surface area contributed by atoms with Gasteiger partial charge in [-0.15, -0.1) is 11.3 Å². The Balaban J connectivity index is 1.58. The second kappa shape index (κ2) is 12.2. The average molecular weight is 511 g/mol. The van der Waals surface area contributed by atoms with Gasteiger partial charge in [-0.2, -0.15) is 5.26 Å². The summed E-state index contributed by atoms with van der Waals surface area (Å²) in [5.74, 6) is 0.234. The molecule has 1 aliphatic rings. The van der Waals surface area contributed by atoms with Gasteiger partial charge in [-0.3, -0.25) is 4.79 Å². The van der Waals surface area contributed by atoms with E-state index in [2.05, 4.69) is 35.0 Å². The van der Waals surface area contributed by atoms with Gasteiger partial charge in [0.1, 0.15) is 29.2 Å². The van der Waals surface area contributed by atoms with Crippen LogP contribution in [0.1, 0.15) is 47.0 Å². The molecule has 9 nitrogen and oxygen atoms in total. The van der Waals surface area contributed by atoms with Crippen molar-refractivity contribution in [1.29, 1.82) is 5.26 Å². The molecule has 2 amide bonds. The van der Waals surface area contributed by atoms with Crippen LogP contribution in [0.15, 0.2) is 47.4 Å². The molecule has 2 unspecified atom stereocenters. The van der Waals surface area contributed by atoms with Crippen molar-refractivity contribution in [2.24, 2.45) is 5.92 Å². The second-order valence-corrected chi connectivity index (χ2v) is 9.66. The van der Waals surface area contributed by atoms with Crippen molar-refractivity contribution >= 4 is 28.3 Å². The van der Waals surface area contributed by atoms with Crippen molar-refractivity contribution < 1.29 is 23.6 Å². The first-order chi connectivity index (χ1) is 17.2. The number of rotatable bonds is 10. The van der Waals surface area contributed by atoms with Gasteiger partial charge >= 0.3 is 6.09 Å². The lowest BCUT2D eigenvalue weighted by Gasteiger charge is -2.22. The number of nitrogens with zero attached hydrogens (tertiary/aromatic N) is 2. The second-order valence-electron chi connectivity index (χ2n) is 8.55. The maximum atomic E-state index is 12.7. The van der Waals surface area contributed by atoms with E-state index in [1.165, 1.54) is 17.6 Å². The fourth-order valence-corrected chi connectivity index (χ4v) is 5.10. The summed E-state index contributed by atoms with van der Waals surface area (Å²) in [5.41, 5.74) is 3.62. The molecule has 1 aliphatic carbocycles. The van der Waals surface area contributed by atoms with Crippen LogP contribution in [0.25, 0.3) is 0 Å². The number of thiophene rings is 1. The van der Waals surface area contributed by atoms with Crippen LogP contribution < -0.4 is 10.6 Å². The molecule has 190 valence electrons. The number of anilines is 1. The molecule has 2 aromatic rings. The minimum Gasteiger partial charge on any atom is -0.497 e. The lowest BCUT2D eigenvalue weighted by molar-refractivity contribution is -0.116. The van der Waals surface area contributed by atoms with Gasteiger partial charge in [0, 0.05) is 23.3 Å². The minimum absolute atomic E-state index is 0.131. The molecule has 10 heteroatoms. The largest absolute Gasteiger partial charge is 0.497 e. The van der Waals surface area contributed by atoms with Crippen molar-refractivity contribution in [2.75, 3.05) is 12.4 Å². The number of hydrogen-bond donors (Lipinski definition) is 2. The SMILES string of the molecule is C=C/C(=C\C(=C)C(C)CC(=O)Nc1sc2c(c1C#N)CCC(OC(=O)NCc1conc1C)C2)OC. The Morgan fingerprint density at radius 3 is 2.89 bits per heavy atom. The number of nitrogens with one attached hydrogen (secondary N) is 2. The van der Waals surface area contributed by atoms with Gasteiger partial charge < -0.3 is 24.6 Å². The number of carbonyl (C=O) groups excluding carboxylic acids is 2. The molecule has 0 saturated heterocycles. The molecule has 0 fully saturated rings. The highest BCUT2D eigenvalue weighted by molar-refractivity contribution is 7.16. The molecule has 2 atom stereocenters. The predicted octanol–water partition coefficient (Wildman–Crippen LogP) is 4.94. The van der Waals surface area contributed by atoms with E-state index >= 15 is 0 Å². The number of methoxy groups -OCH3 is 1. The molecule has 2 N–H and O–H groups in total. The van der Waals surface area contributed by atoms with Gasteiger partial charge in [0.25, 0.3) is 0 Å². The third kappa shape index (κ3) is 6.64. The molecule has 0 aliphatic heterocycles. The van der Waals surface area contributed by atoms with Crippen LogP contribution >= 0.6 is 11.3 Å². The smallest absolute Gasteiger partial charge is 0.407 e. The average Bonchev–Trinajstić information content (AvgIpc) is 3.42. The van der Waals surface area contributed by atoms with E-state index in [1.54, 1.807) is 26.2 Å². The lowest BCUT2D eigenvalue weighted by atomic mass is 9.93. The van der Waals surface area contributed by atoms with Gasteiger partial charge in [0.15, 0.2) is 0 Å². The van der Waals surface area contributed by atoms with Crippen molar-refractivity contribution in [3.63, 3.8) is 0 Å². The molecule has 0 spiro atoms. The first-order valence-electron chi connectivity index (χ1n) is 11.5. The van der Waals surface area contributed by atoms with Crippen LogP contribution in [-0.2, 0) is 33.7 Å². The Labute approximate surface area is 214 Å². The summed E-state index contributed by atoms with van der Waals surface area (Å²) in [4.78, 5) is 25.9. The summed E-state index contributed by atoms with van der Waals surface area (Å²) < 4.78 is 15.6. The Kier molecular flexibility index (Phi) is 9.08. The first kappa shape index (κ1) is 26.8. The summed E-state index contributed by atoms with van der Waals surface area (Å²) in [6, 6.07) is 2.23. The molecule has 2 heterocycles. The van der Waals surface area contributed by atoms with Gasteiger partial charge in [-0.1, -0.05) is 25.2 Å². The van der Waals surface area contributed by atoms with Crippen LogP contribution in [0, 0.1) is 24.2 Å². The number of nitriles is 1. The molecule has 0 saturated carbocycles. The monoisotopic (exact) mass is 510 g/mol. The normalized spacial score (nSPS) is 15.7. The summed E-state index contributed by atoms with van der Waals surface area (Å²) in [7, 11) is 1.54. The van der Waals surface area contributed by atoms with Crippen LogP contribution in [0.5, 0.6) is 0 Å². The summed E-state index contributed by atoms with van der Waals surface area (Å²) in [6.07, 6.45) is 5.85. The fourth-order valence-electron chi connectivity index (χ4n) is 3.82. The summed E-state index contributed by atoms with van der Waals surface area (Å²) in [5, 5.41) is 19.6. The Bertz CT molecular complexity index is 1220. The van der Waals surface area contributed by atoms with Gasteiger partial charge in [0.2, 0.25) is 5.91 Å². The molecule has 0 aromatic carbocycles. The molecule has 0 bridgehead atoms. The van der Waals surface area contributed by atoms with Crippen LogP contribution in [0.4, 0.5) is 9.80 Å². The zero-order chi connectivity index (χ0) is 26.2. The van der Waals surface area contributed by atoms with E-state index in [0.717, 1.165) is 21.6 Å². The van der Waals surface area contributed by atoms with E-state index in [1.807, 2.05) is 6.92 Å². The maximum Gasteiger partial charge on any atom is 0.407 e. The highest BCUT2D eigenvalue weighted by atomic mass is 32.1. The first-order valence-corrected chi connectivity index (χ1v) is 12.3. The van der Waals surface area contributed by atoms with Crippen molar-refractivity contribution in [3.8, 4) is 6.07 Å². The number of carbonyl (C=O) groups is 2. The fraction of sp³-hybridized carbons (Fsp3) is 0.385. The van der Waals surface area contributed by atoms with Gasteiger partial charge in [-0.05, 0) is 49.0 Å². The summed E-state index contributed by atoms with van der Waals surface area (Å²) >= 11 is 1.36. The number of allylic oxidation sites excluding steroid dienone is 3. The Morgan fingerprint density at radius 1 is 1.47 bits per heavy atom. The Morgan fingerprint density at radius 2 is 2.25 bits per heavy atom. The van der Waals surface area contributed by atoms with Gasteiger partial charge in [0.05, 0.1) is 24.9 Å². The molecule has 36 heavy (non-hydrogen) atoms. The van der Waals surface area contributed by atoms with Crippen LogP contribution in [0.2, 0.25) is 0 Å². The minimum atomic E-state index is -0.522. The number of hydrogen-bond acceptors (Lipinski definition) is 8. The highest BCUT2D eigenvalue weighted by Gasteiger charge is 2.28. The number of aromatic nitrogens is 1. The van der Waals surface area contributed by atoms with Crippen LogP contribution in [-0.4, -0.2) is 30.4 Å². The molecule has 2 aromatic heterocycles. The standard InChI is InChI=1S/C26H30N4O5S/c1-6-19(33-5)9-15(2)16(3)10-24(31)29-25-22(12-27)21-8-7-20(11-23(21)36-25)35-26(32)28-13-18-14-34-30-17(18)4/h6,9,14,16,20H,1-2,7-8,10-11,13H2,3-5H3,(H,28,32)(H,29,31)/b19-9+. The number of alkyl carbamates (subject to hydrolysis) is 1. The number of fused-ring (bicyclic) bond motifs is 1. The number of aryl methyl sites for hydroxylation is 1. The van der Waals surface area contributed by atoms with E-state index in [0.29, 0.717) is 41.3 Å². The third-order valence-corrected chi connectivity index (χ3v) is 7.19. The van der Waals surface area contributed by atoms with Gasteiger partial charge in [-0.25, -0.2) is 4.79 Å². The topological polar surface area (TPSA) is 126 Å². The zero-order valence-electron chi connectivity index (χ0n) is 20.7. The molecular formula is C26H30N4O5S. The number of amides is 2. The maximum absolute atomic E-state index is 12.7. The van der Waals surface area contributed by atoms with Crippen LogP contribution in [0.3, 0.4) is 0 Å².